The molecular formula is C35H36F3N5O. The first-order valence-electron chi connectivity index (χ1n) is 15.1. The highest BCUT2D eigenvalue weighted by atomic mass is 19.4. The second-order valence-corrected chi connectivity index (χ2v) is 11.6. The first-order chi connectivity index (χ1) is 21.2. The number of rotatable bonds is 7. The van der Waals surface area contributed by atoms with Gasteiger partial charge in [0.25, 0.3) is 5.91 Å². The van der Waals surface area contributed by atoms with E-state index in [1.807, 2.05) is 54.6 Å². The number of carbonyl (C=O) groups is 1. The zero-order valence-electron chi connectivity index (χ0n) is 24.8. The number of aromatic nitrogens is 1. The number of nitrogens with one attached hydrogen (secondary N) is 1. The Bertz CT molecular complexity index is 1670. The lowest BCUT2D eigenvalue weighted by Gasteiger charge is -2.33. The number of para-hydroxylation sites is 1. The summed E-state index contributed by atoms with van der Waals surface area (Å²) in [7, 11) is 2.01. The molecule has 228 valence electrons. The predicted molar refractivity (Wildman–Crippen MR) is 171 cm³/mol. The quantitative estimate of drug-likeness (QED) is 0.247. The molecule has 2 saturated heterocycles. The van der Waals surface area contributed by atoms with Crippen molar-refractivity contribution >= 4 is 40.3 Å². The van der Waals surface area contributed by atoms with Gasteiger partial charge in [0.05, 0.1) is 16.8 Å². The molecule has 3 heterocycles. The number of alkyl halides is 3. The highest BCUT2D eigenvalue weighted by Gasteiger charge is 2.34. The summed E-state index contributed by atoms with van der Waals surface area (Å²) in [4.78, 5) is 24.4. The van der Waals surface area contributed by atoms with Crippen molar-refractivity contribution in [1.29, 1.82) is 0 Å². The molecule has 2 fully saturated rings. The van der Waals surface area contributed by atoms with Crippen LogP contribution in [0.1, 0.15) is 45.5 Å². The van der Waals surface area contributed by atoms with Crippen molar-refractivity contribution < 1.29 is 18.0 Å². The number of likely N-dealkylation sites (N-methyl/N-ethyl adjacent to an activating group) is 1. The van der Waals surface area contributed by atoms with E-state index in [0.717, 1.165) is 72.8 Å². The van der Waals surface area contributed by atoms with Crippen LogP contribution in [0.5, 0.6) is 0 Å². The molecule has 1 aromatic heterocycles. The van der Waals surface area contributed by atoms with Gasteiger partial charge in [-0.05, 0) is 61.3 Å². The maximum atomic E-state index is 14.0. The van der Waals surface area contributed by atoms with E-state index in [1.165, 1.54) is 6.07 Å². The molecule has 44 heavy (non-hydrogen) atoms. The average molecular weight is 600 g/mol. The molecule has 4 aromatic rings. The Morgan fingerprint density at radius 1 is 0.909 bits per heavy atom. The molecule has 2 aliphatic rings. The molecular weight excluding hydrogens is 563 g/mol. The van der Waals surface area contributed by atoms with E-state index in [4.69, 9.17) is 0 Å². The second-order valence-electron chi connectivity index (χ2n) is 11.6. The lowest BCUT2D eigenvalue weighted by atomic mass is 10.0. The molecule has 0 spiro atoms. The van der Waals surface area contributed by atoms with E-state index in [0.29, 0.717) is 18.7 Å². The zero-order chi connectivity index (χ0) is 30.7. The smallest absolute Gasteiger partial charge is 0.370 e. The van der Waals surface area contributed by atoms with Crippen molar-refractivity contribution in [3.05, 3.63) is 101 Å². The molecule has 6 nitrogen and oxygen atoms in total. The summed E-state index contributed by atoms with van der Waals surface area (Å²) in [6.45, 7) is 5.29. The van der Waals surface area contributed by atoms with Gasteiger partial charge in [-0.25, -0.2) is 0 Å². The number of hydrogen-bond donors (Lipinski definition) is 1. The summed E-state index contributed by atoms with van der Waals surface area (Å²) in [5, 5.41) is 3.78. The van der Waals surface area contributed by atoms with E-state index in [2.05, 4.69) is 26.2 Å². The van der Waals surface area contributed by atoms with Crippen molar-refractivity contribution in [3.63, 3.8) is 0 Å². The fourth-order valence-electron chi connectivity index (χ4n) is 6.03. The van der Waals surface area contributed by atoms with Crippen LogP contribution in [0.25, 0.3) is 23.1 Å². The largest absolute Gasteiger partial charge is 0.416 e. The van der Waals surface area contributed by atoms with Crippen LogP contribution in [0.2, 0.25) is 0 Å². The number of fused-ring (bicyclic) bond motifs is 1. The summed E-state index contributed by atoms with van der Waals surface area (Å²) < 4.78 is 42.1. The number of piperazine rings is 1. The van der Waals surface area contributed by atoms with Crippen LogP contribution < -0.4 is 10.2 Å². The van der Waals surface area contributed by atoms with Crippen LogP contribution in [0.15, 0.2) is 72.9 Å². The van der Waals surface area contributed by atoms with Crippen LogP contribution >= 0.6 is 0 Å². The molecule has 2 aliphatic heterocycles. The van der Waals surface area contributed by atoms with E-state index in [-0.39, 0.29) is 17.8 Å². The minimum atomic E-state index is -4.53. The number of hydrogen-bond acceptors (Lipinski definition) is 5. The molecule has 1 N–H and O–H groups in total. The number of anilines is 2. The molecule has 0 saturated carbocycles. The second kappa shape index (κ2) is 12.8. The summed E-state index contributed by atoms with van der Waals surface area (Å²) in [5.41, 5.74) is 3.88. The third-order valence-corrected chi connectivity index (χ3v) is 8.46. The van der Waals surface area contributed by atoms with E-state index in [1.54, 1.807) is 24.3 Å². The van der Waals surface area contributed by atoms with Crippen LogP contribution in [-0.2, 0) is 12.7 Å². The zero-order valence-corrected chi connectivity index (χ0v) is 24.8. The normalized spacial score (nSPS) is 16.7. The van der Waals surface area contributed by atoms with Crippen LogP contribution in [-0.4, -0.2) is 67.0 Å². The predicted octanol–water partition coefficient (Wildman–Crippen LogP) is 7.02. The van der Waals surface area contributed by atoms with Crippen molar-refractivity contribution in [2.75, 3.05) is 56.5 Å². The van der Waals surface area contributed by atoms with Gasteiger partial charge in [0.1, 0.15) is 0 Å². The highest BCUT2D eigenvalue weighted by Crippen LogP contribution is 2.35. The third kappa shape index (κ3) is 6.79. The van der Waals surface area contributed by atoms with Crippen LogP contribution in [0.3, 0.4) is 0 Å². The monoisotopic (exact) mass is 599 g/mol. The number of amides is 1. The van der Waals surface area contributed by atoms with Crippen molar-refractivity contribution in [2.45, 2.75) is 25.6 Å². The summed E-state index contributed by atoms with van der Waals surface area (Å²) in [6.07, 6.45) is 3.62. The fraction of sp³-hybridized carbons (Fsp3) is 0.314. The highest BCUT2D eigenvalue weighted by molar-refractivity contribution is 6.05. The molecule has 0 atom stereocenters. The average Bonchev–Trinajstić information content (AvgIpc) is 3.56. The van der Waals surface area contributed by atoms with E-state index >= 15 is 0 Å². The number of halogens is 3. The van der Waals surface area contributed by atoms with Gasteiger partial charge in [0.2, 0.25) is 0 Å². The molecule has 1 amide bonds. The SMILES string of the molecule is CN1CCN(Cc2ccc(NC(=O)c3cccc(/C=C\c4cnc5ccccc5c4N4CCCC4)c3)cc2C(F)(F)F)CC1. The van der Waals surface area contributed by atoms with E-state index < -0.39 is 17.6 Å². The Morgan fingerprint density at radius 3 is 2.45 bits per heavy atom. The molecule has 0 radical (unpaired) electrons. The van der Waals surface area contributed by atoms with Gasteiger partial charge >= 0.3 is 6.18 Å². The molecule has 6 rings (SSSR count). The van der Waals surface area contributed by atoms with Gasteiger partial charge in [-0.2, -0.15) is 13.2 Å². The van der Waals surface area contributed by atoms with Crippen molar-refractivity contribution in [2.24, 2.45) is 0 Å². The van der Waals surface area contributed by atoms with Crippen LogP contribution in [0.4, 0.5) is 24.5 Å². The minimum absolute atomic E-state index is 0.114. The Labute approximate surface area is 255 Å². The summed E-state index contributed by atoms with van der Waals surface area (Å²) >= 11 is 0. The first kappa shape index (κ1) is 29.8. The standard InChI is InChI=1S/C35H36F3N5O/c1-41-17-19-42(20-18-41)24-28-13-14-29(22-31(28)35(36,37)38)40-34(44)26-8-6-7-25(21-26)11-12-27-23-39-32-10-3-2-9-30(32)33(27)43-15-4-5-16-43/h2-3,6-14,21-23H,4-5,15-20,24H2,1H3,(H,40,44)/b12-11-. The van der Waals surface area contributed by atoms with Gasteiger partial charge < -0.3 is 15.1 Å². The maximum Gasteiger partial charge on any atom is 0.416 e. The molecule has 9 heteroatoms. The topological polar surface area (TPSA) is 51.7 Å². The molecule has 0 bridgehead atoms. The van der Waals surface area contributed by atoms with Gasteiger partial charge in [0, 0.05) is 74.2 Å². The van der Waals surface area contributed by atoms with Crippen LogP contribution in [0, 0.1) is 0 Å². The Morgan fingerprint density at radius 2 is 1.68 bits per heavy atom. The number of benzene rings is 3. The Balaban J connectivity index is 1.20. The lowest BCUT2D eigenvalue weighted by Crippen LogP contribution is -2.44. The minimum Gasteiger partial charge on any atom is -0.370 e. The van der Waals surface area contributed by atoms with Crippen molar-refractivity contribution in [1.82, 2.24) is 14.8 Å². The van der Waals surface area contributed by atoms with Gasteiger partial charge in [0.15, 0.2) is 0 Å². The Hall–Kier alpha value is -4.21. The lowest BCUT2D eigenvalue weighted by molar-refractivity contribution is -0.138. The Kier molecular flexibility index (Phi) is 8.68. The number of carbonyl (C=O) groups excluding carboxylic acids is 1. The summed E-state index contributed by atoms with van der Waals surface area (Å²) in [6, 6.07) is 19.3. The summed E-state index contributed by atoms with van der Waals surface area (Å²) in [5.74, 6) is -0.467. The maximum absolute atomic E-state index is 14.0. The number of pyridine rings is 1. The van der Waals surface area contributed by atoms with Gasteiger partial charge in [-0.15, -0.1) is 0 Å². The van der Waals surface area contributed by atoms with Crippen molar-refractivity contribution in [3.8, 4) is 0 Å². The molecule has 0 unspecified atom stereocenters. The van der Waals surface area contributed by atoms with Gasteiger partial charge in [-0.1, -0.05) is 48.6 Å². The molecule has 3 aromatic carbocycles. The number of nitrogens with zero attached hydrogens (tertiary/aromatic N) is 4. The first-order valence-corrected chi connectivity index (χ1v) is 15.1. The third-order valence-electron chi connectivity index (χ3n) is 8.46. The van der Waals surface area contributed by atoms with E-state index in [9.17, 15) is 18.0 Å². The molecule has 0 aliphatic carbocycles. The fourth-order valence-corrected chi connectivity index (χ4v) is 6.03. The van der Waals surface area contributed by atoms with Gasteiger partial charge in [-0.3, -0.25) is 14.7 Å².